The molecule has 0 aliphatic rings. The number of benzene rings is 1. The molecule has 0 saturated heterocycles. The second-order valence-corrected chi connectivity index (χ2v) is 3.25. The van der Waals surface area contributed by atoms with Crippen LogP contribution in [0.4, 0.5) is 0 Å². The zero-order chi connectivity index (χ0) is 9.84. The minimum atomic E-state index is -0.271. The van der Waals surface area contributed by atoms with Crippen LogP contribution in [-0.2, 0) is 16.0 Å². The van der Waals surface area contributed by atoms with Gasteiger partial charge in [0.05, 0.1) is 13.5 Å². The molecule has 0 heterocycles. The first-order chi connectivity index (χ1) is 6.13. The van der Waals surface area contributed by atoms with Crippen LogP contribution in [0.2, 0.25) is 5.02 Å². The molecule has 0 unspecified atom stereocenters. The van der Waals surface area contributed by atoms with Crippen molar-refractivity contribution in [2.75, 3.05) is 7.11 Å². The quantitative estimate of drug-likeness (QED) is 0.682. The number of hydrogen-bond acceptors (Lipinski definition) is 2. The Balaban J connectivity index is 2.87. The number of hydrogen-bond donors (Lipinski definition) is 0. The highest BCUT2D eigenvalue weighted by atomic mass is 35.5. The first kappa shape index (κ1) is 10.1. The Morgan fingerprint density at radius 2 is 2.23 bits per heavy atom. The van der Waals surface area contributed by atoms with Crippen LogP contribution in [0.1, 0.15) is 11.1 Å². The number of rotatable bonds is 2. The number of halogens is 1. The molecule has 1 rings (SSSR count). The normalized spacial score (nSPS) is 9.77. The summed E-state index contributed by atoms with van der Waals surface area (Å²) in [6.07, 6.45) is 0.233. The van der Waals surface area contributed by atoms with Crippen LogP contribution < -0.4 is 0 Å². The molecular weight excluding hydrogens is 188 g/mol. The molecule has 0 aliphatic carbocycles. The molecule has 0 amide bonds. The van der Waals surface area contributed by atoms with E-state index >= 15 is 0 Å². The second-order valence-electron chi connectivity index (χ2n) is 2.85. The van der Waals surface area contributed by atoms with E-state index in [9.17, 15) is 4.79 Å². The zero-order valence-corrected chi connectivity index (χ0v) is 8.39. The molecule has 0 fully saturated rings. The van der Waals surface area contributed by atoms with Crippen LogP contribution in [-0.4, -0.2) is 13.1 Å². The van der Waals surface area contributed by atoms with Gasteiger partial charge in [-0.05, 0) is 18.6 Å². The fraction of sp³-hybridized carbons (Fsp3) is 0.300. The monoisotopic (exact) mass is 198 g/mol. The molecule has 2 nitrogen and oxygen atoms in total. The summed E-state index contributed by atoms with van der Waals surface area (Å²) >= 11 is 5.89. The molecule has 0 aliphatic heterocycles. The SMILES string of the molecule is COC(=O)Cc1cc(C)ccc1Cl. The van der Waals surface area contributed by atoms with Crippen molar-refractivity contribution in [2.45, 2.75) is 13.3 Å². The first-order valence-electron chi connectivity index (χ1n) is 3.95. The lowest BCUT2D eigenvalue weighted by Gasteiger charge is -2.03. The van der Waals surface area contributed by atoms with Gasteiger partial charge in [0, 0.05) is 5.02 Å². The highest BCUT2D eigenvalue weighted by Gasteiger charge is 2.06. The van der Waals surface area contributed by atoms with Gasteiger partial charge in [0.1, 0.15) is 0 Å². The lowest BCUT2D eigenvalue weighted by Crippen LogP contribution is -2.04. The summed E-state index contributed by atoms with van der Waals surface area (Å²) in [6.45, 7) is 1.96. The van der Waals surface area contributed by atoms with Gasteiger partial charge in [-0.3, -0.25) is 4.79 Å². The largest absolute Gasteiger partial charge is 0.469 e. The third kappa shape index (κ3) is 2.74. The molecule has 0 N–H and O–H groups in total. The van der Waals surface area contributed by atoms with Gasteiger partial charge in [-0.1, -0.05) is 29.3 Å². The molecule has 0 saturated carbocycles. The maximum atomic E-state index is 11.0. The van der Waals surface area contributed by atoms with E-state index in [1.807, 2.05) is 19.1 Å². The van der Waals surface area contributed by atoms with E-state index < -0.39 is 0 Å². The third-order valence-corrected chi connectivity index (χ3v) is 2.13. The minimum absolute atomic E-state index is 0.233. The molecule has 0 radical (unpaired) electrons. The molecule has 0 bridgehead atoms. The van der Waals surface area contributed by atoms with Crippen molar-refractivity contribution in [3.05, 3.63) is 34.3 Å². The van der Waals surface area contributed by atoms with Crippen LogP contribution in [0.3, 0.4) is 0 Å². The van der Waals surface area contributed by atoms with Crippen molar-refractivity contribution in [3.63, 3.8) is 0 Å². The lowest BCUT2D eigenvalue weighted by atomic mass is 10.1. The van der Waals surface area contributed by atoms with Crippen LogP contribution in [0, 0.1) is 6.92 Å². The van der Waals surface area contributed by atoms with Crippen molar-refractivity contribution >= 4 is 17.6 Å². The summed E-state index contributed by atoms with van der Waals surface area (Å²) in [5, 5.41) is 0.607. The number of esters is 1. The molecule has 3 heteroatoms. The summed E-state index contributed by atoms with van der Waals surface area (Å²) in [6, 6.07) is 5.58. The fourth-order valence-electron chi connectivity index (χ4n) is 1.07. The maximum Gasteiger partial charge on any atom is 0.310 e. The first-order valence-corrected chi connectivity index (χ1v) is 4.33. The van der Waals surface area contributed by atoms with Gasteiger partial charge in [-0.2, -0.15) is 0 Å². The number of carbonyl (C=O) groups excluding carboxylic acids is 1. The van der Waals surface area contributed by atoms with Crippen molar-refractivity contribution < 1.29 is 9.53 Å². The lowest BCUT2D eigenvalue weighted by molar-refractivity contribution is -0.139. The van der Waals surface area contributed by atoms with Gasteiger partial charge < -0.3 is 4.74 Å². The van der Waals surface area contributed by atoms with E-state index in [0.717, 1.165) is 11.1 Å². The van der Waals surface area contributed by atoms with Crippen molar-refractivity contribution in [1.82, 2.24) is 0 Å². The van der Waals surface area contributed by atoms with Gasteiger partial charge >= 0.3 is 5.97 Å². The molecule has 0 atom stereocenters. The Bertz CT molecular complexity index is 321. The molecule has 13 heavy (non-hydrogen) atoms. The summed E-state index contributed by atoms with van der Waals surface area (Å²) in [7, 11) is 1.37. The zero-order valence-electron chi connectivity index (χ0n) is 7.63. The Morgan fingerprint density at radius 1 is 1.54 bits per heavy atom. The number of carbonyl (C=O) groups is 1. The molecule has 0 spiro atoms. The van der Waals surface area contributed by atoms with Crippen LogP contribution in [0.15, 0.2) is 18.2 Å². The second kappa shape index (κ2) is 4.28. The van der Waals surface area contributed by atoms with Crippen LogP contribution >= 0.6 is 11.6 Å². The summed E-state index contributed by atoms with van der Waals surface area (Å²) in [5.74, 6) is -0.271. The Morgan fingerprint density at radius 3 is 2.85 bits per heavy atom. The molecule has 1 aromatic carbocycles. The number of methoxy groups -OCH3 is 1. The Kier molecular flexibility index (Phi) is 3.32. The van der Waals surface area contributed by atoms with Gasteiger partial charge in [0.25, 0.3) is 0 Å². The van der Waals surface area contributed by atoms with Crippen molar-refractivity contribution in [3.8, 4) is 0 Å². The highest BCUT2D eigenvalue weighted by molar-refractivity contribution is 6.31. The molecule has 70 valence electrons. The predicted molar refractivity (Wildman–Crippen MR) is 51.9 cm³/mol. The Hall–Kier alpha value is -1.02. The van der Waals surface area contributed by atoms with Gasteiger partial charge in [0.15, 0.2) is 0 Å². The van der Waals surface area contributed by atoms with Crippen LogP contribution in [0.5, 0.6) is 0 Å². The van der Waals surface area contributed by atoms with E-state index in [1.54, 1.807) is 6.07 Å². The van der Waals surface area contributed by atoms with Crippen molar-refractivity contribution in [2.24, 2.45) is 0 Å². The smallest absolute Gasteiger partial charge is 0.310 e. The average Bonchev–Trinajstić information content (AvgIpc) is 2.11. The minimum Gasteiger partial charge on any atom is -0.469 e. The van der Waals surface area contributed by atoms with Crippen LogP contribution in [0.25, 0.3) is 0 Å². The molecule has 1 aromatic rings. The van der Waals surface area contributed by atoms with E-state index in [0.29, 0.717) is 5.02 Å². The summed E-state index contributed by atoms with van der Waals surface area (Å²) < 4.78 is 4.55. The van der Waals surface area contributed by atoms with Crippen molar-refractivity contribution in [1.29, 1.82) is 0 Å². The predicted octanol–water partition coefficient (Wildman–Crippen LogP) is 2.36. The standard InChI is InChI=1S/C10H11ClO2/c1-7-3-4-9(11)8(5-7)6-10(12)13-2/h3-5H,6H2,1-2H3. The van der Waals surface area contributed by atoms with E-state index in [4.69, 9.17) is 11.6 Å². The molecule has 0 aromatic heterocycles. The topological polar surface area (TPSA) is 26.3 Å². The average molecular weight is 199 g/mol. The van der Waals surface area contributed by atoms with E-state index in [1.165, 1.54) is 7.11 Å². The number of ether oxygens (including phenoxy) is 1. The Labute approximate surface area is 82.5 Å². The van der Waals surface area contributed by atoms with Gasteiger partial charge in [0.2, 0.25) is 0 Å². The van der Waals surface area contributed by atoms with E-state index in [-0.39, 0.29) is 12.4 Å². The van der Waals surface area contributed by atoms with Gasteiger partial charge in [-0.25, -0.2) is 0 Å². The summed E-state index contributed by atoms with van der Waals surface area (Å²) in [5.41, 5.74) is 1.90. The third-order valence-electron chi connectivity index (χ3n) is 1.76. The summed E-state index contributed by atoms with van der Waals surface area (Å²) in [4.78, 5) is 11.0. The maximum absolute atomic E-state index is 11.0. The molecular formula is C10H11ClO2. The number of aryl methyl sites for hydroxylation is 1. The highest BCUT2D eigenvalue weighted by Crippen LogP contribution is 2.17. The van der Waals surface area contributed by atoms with E-state index in [2.05, 4.69) is 4.74 Å². The van der Waals surface area contributed by atoms with Gasteiger partial charge in [-0.15, -0.1) is 0 Å². The fourth-order valence-corrected chi connectivity index (χ4v) is 1.25.